The molecule has 27 heavy (non-hydrogen) atoms. The highest BCUT2D eigenvalue weighted by molar-refractivity contribution is 6.30. The molecule has 0 spiro atoms. The minimum absolute atomic E-state index is 0.749. The van der Waals surface area contributed by atoms with Crippen LogP contribution < -0.4 is 4.90 Å². The van der Waals surface area contributed by atoms with Gasteiger partial charge >= 0.3 is 0 Å². The molecule has 2 aliphatic rings. The summed E-state index contributed by atoms with van der Waals surface area (Å²) in [6.07, 6.45) is 7.21. The molecule has 1 aliphatic carbocycles. The number of halogens is 1. The molecule has 140 valence electrons. The third-order valence-corrected chi connectivity index (χ3v) is 6.32. The van der Waals surface area contributed by atoms with Gasteiger partial charge in [0.2, 0.25) is 0 Å². The third-order valence-electron chi connectivity index (χ3n) is 6.07. The van der Waals surface area contributed by atoms with Crippen LogP contribution in [0.5, 0.6) is 0 Å². The van der Waals surface area contributed by atoms with E-state index in [9.17, 15) is 0 Å². The molecule has 4 nitrogen and oxygen atoms in total. The first-order valence-electron chi connectivity index (χ1n) is 10.1. The van der Waals surface area contributed by atoms with Crippen molar-refractivity contribution >= 4 is 23.1 Å². The first-order chi connectivity index (χ1) is 13.2. The van der Waals surface area contributed by atoms with Crippen LogP contribution in [0.4, 0.5) is 5.82 Å². The van der Waals surface area contributed by atoms with Gasteiger partial charge in [-0.15, -0.1) is 0 Å². The Bertz CT molecular complexity index is 968. The summed E-state index contributed by atoms with van der Waals surface area (Å²) in [7, 11) is 0. The van der Waals surface area contributed by atoms with Crippen LogP contribution in [-0.4, -0.2) is 27.7 Å². The van der Waals surface area contributed by atoms with Crippen LogP contribution in [0.15, 0.2) is 30.3 Å². The molecule has 1 fully saturated rings. The molecule has 2 aromatic heterocycles. The maximum absolute atomic E-state index is 6.06. The number of nitrogens with zero attached hydrogens (tertiary/aromatic N) is 4. The van der Waals surface area contributed by atoms with Gasteiger partial charge in [-0.1, -0.05) is 30.7 Å². The van der Waals surface area contributed by atoms with Gasteiger partial charge in [0.05, 0.1) is 5.69 Å². The summed E-state index contributed by atoms with van der Waals surface area (Å²) in [5.41, 5.74) is 5.72. The summed E-state index contributed by atoms with van der Waals surface area (Å²) < 4.78 is 2.10. The highest BCUT2D eigenvalue weighted by atomic mass is 35.5. The van der Waals surface area contributed by atoms with Crippen molar-refractivity contribution in [1.82, 2.24) is 14.6 Å². The van der Waals surface area contributed by atoms with E-state index in [-0.39, 0.29) is 0 Å². The molecular formula is C22H25ClN4. The van der Waals surface area contributed by atoms with E-state index in [0.29, 0.717) is 0 Å². The summed E-state index contributed by atoms with van der Waals surface area (Å²) in [6, 6.07) is 10.0. The molecule has 3 aromatic rings. The average Bonchev–Trinajstić information content (AvgIpc) is 3.11. The van der Waals surface area contributed by atoms with Crippen LogP contribution in [0.2, 0.25) is 5.02 Å². The van der Waals surface area contributed by atoms with E-state index in [1.807, 2.05) is 24.3 Å². The molecule has 5 rings (SSSR count). The van der Waals surface area contributed by atoms with E-state index in [2.05, 4.69) is 22.4 Å². The van der Waals surface area contributed by atoms with Gasteiger partial charge in [0.1, 0.15) is 5.82 Å². The number of piperidine rings is 1. The molecule has 1 aliphatic heterocycles. The van der Waals surface area contributed by atoms with Crippen molar-refractivity contribution in [2.75, 3.05) is 18.0 Å². The van der Waals surface area contributed by atoms with Gasteiger partial charge in [0, 0.05) is 41.0 Å². The Morgan fingerprint density at radius 3 is 2.56 bits per heavy atom. The highest BCUT2D eigenvalue weighted by Crippen LogP contribution is 2.34. The van der Waals surface area contributed by atoms with Crippen LogP contribution >= 0.6 is 11.6 Å². The van der Waals surface area contributed by atoms with E-state index < -0.39 is 0 Å². The summed E-state index contributed by atoms with van der Waals surface area (Å²) in [4.78, 5) is 7.55. The van der Waals surface area contributed by atoms with Crippen molar-refractivity contribution in [1.29, 1.82) is 0 Å². The molecule has 1 aromatic carbocycles. The average molecular weight is 381 g/mol. The van der Waals surface area contributed by atoms with Crippen molar-refractivity contribution in [2.45, 2.75) is 45.4 Å². The Kier molecular flexibility index (Phi) is 4.31. The van der Waals surface area contributed by atoms with Gasteiger partial charge in [-0.05, 0) is 56.6 Å². The predicted octanol–water partition coefficient (Wildman–Crippen LogP) is 5.16. The van der Waals surface area contributed by atoms with Crippen LogP contribution in [0.3, 0.4) is 0 Å². The number of hydrogen-bond acceptors (Lipinski definition) is 3. The van der Waals surface area contributed by atoms with E-state index in [1.54, 1.807) is 0 Å². The number of rotatable bonds is 2. The standard InChI is InChI=1S/C22H25ClN4/c1-15-10-12-26(13-11-15)22-18-4-2-3-5-19(18)24-21-14-20(25-27(21)22)16-6-8-17(23)9-7-16/h6-9,14-15H,2-5,10-13H2,1H3. The first-order valence-corrected chi connectivity index (χ1v) is 10.5. The summed E-state index contributed by atoms with van der Waals surface area (Å²) in [6.45, 7) is 4.59. The molecular weight excluding hydrogens is 356 g/mol. The zero-order chi connectivity index (χ0) is 18.4. The zero-order valence-corrected chi connectivity index (χ0v) is 16.5. The third kappa shape index (κ3) is 3.10. The van der Waals surface area contributed by atoms with Crippen molar-refractivity contribution in [3.63, 3.8) is 0 Å². The maximum atomic E-state index is 6.06. The fraction of sp³-hybridized carbons (Fsp3) is 0.455. The van der Waals surface area contributed by atoms with Crippen LogP contribution in [0.25, 0.3) is 16.9 Å². The Hall–Kier alpha value is -2.07. The van der Waals surface area contributed by atoms with Crippen molar-refractivity contribution in [3.8, 4) is 11.3 Å². The van der Waals surface area contributed by atoms with Gasteiger partial charge in [-0.3, -0.25) is 0 Å². The molecule has 0 N–H and O–H groups in total. The molecule has 0 unspecified atom stereocenters. The van der Waals surface area contributed by atoms with E-state index in [1.165, 1.54) is 42.8 Å². The Morgan fingerprint density at radius 2 is 1.78 bits per heavy atom. The lowest BCUT2D eigenvalue weighted by atomic mass is 9.94. The smallest absolute Gasteiger partial charge is 0.158 e. The monoisotopic (exact) mass is 380 g/mol. The summed E-state index contributed by atoms with van der Waals surface area (Å²) in [5, 5.41) is 5.73. The SMILES string of the molecule is CC1CCN(c2c3c(nc4cc(-c5ccc(Cl)cc5)nn24)CCCC3)CC1. The number of benzene rings is 1. The lowest BCUT2D eigenvalue weighted by Gasteiger charge is -2.34. The predicted molar refractivity (Wildman–Crippen MR) is 111 cm³/mol. The molecule has 0 radical (unpaired) electrons. The second-order valence-electron chi connectivity index (χ2n) is 8.04. The number of hydrogen-bond donors (Lipinski definition) is 0. The van der Waals surface area contributed by atoms with Gasteiger partial charge in [0.15, 0.2) is 5.65 Å². The Balaban J connectivity index is 1.66. The number of anilines is 1. The number of aryl methyl sites for hydroxylation is 1. The van der Waals surface area contributed by atoms with Crippen LogP contribution in [0.1, 0.15) is 43.9 Å². The highest BCUT2D eigenvalue weighted by Gasteiger charge is 2.26. The number of aromatic nitrogens is 3. The van der Waals surface area contributed by atoms with Gasteiger partial charge < -0.3 is 4.90 Å². The lowest BCUT2D eigenvalue weighted by molar-refractivity contribution is 0.433. The van der Waals surface area contributed by atoms with Crippen molar-refractivity contribution < 1.29 is 0 Å². The molecule has 5 heteroatoms. The summed E-state index contributed by atoms with van der Waals surface area (Å²) in [5.74, 6) is 2.11. The van der Waals surface area contributed by atoms with E-state index in [0.717, 1.165) is 53.8 Å². The topological polar surface area (TPSA) is 33.4 Å². The molecule has 3 heterocycles. The second kappa shape index (κ2) is 6.83. The minimum Gasteiger partial charge on any atom is -0.356 e. The Labute approximate surface area is 165 Å². The Morgan fingerprint density at radius 1 is 1.04 bits per heavy atom. The largest absolute Gasteiger partial charge is 0.356 e. The number of fused-ring (bicyclic) bond motifs is 2. The first kappa shape index (κ1) is 17.1. The fourth-order valence-corrected chi connectivity index (χ4v) is 4.56. The van der Waals surface area contributed by atoms with Gasteiger partial charge in [-0.25, -0.2) is 4.98 Å². The molecule has 0 atom stereocenters. The normalized spacial score (nSPS) is 18.1. The quantitative estimate of drug-likeness (QED) is 0.615. The van der Waals surface area contributed by atoms with E-state index in [4.69, 9.17) is 21.7 Å². The fourth-order valence-electron chi connectivity index (χ4n) is 4.43. The summed E-state index contributed by atoms with van der Waals surface area (Å²) >= 11 is 6.06. The van der Waals surface area contributed by atoms with Crippen LogP contribution in [0, 0.1) is 5.92 Å². The molecule has 0 bridgehead atoms. The van der Waals surface area contributed by atoms with Crippen molar-refractivity contribution in [2.24, 2.45) is 5.92 Å². The van der Waals surface area contributed by atoms with Gasteiger partial charge in [0.25, 0.3) is 0 Å². The van der Waals surface area contributed by atoms with Gasteiger partial charge in [-0.2, -0.15) is 9.61 Å². The zero-order valence-electron chi connectivity index (χ0n) is 15.8. The molecule has 0 saturated carbocycles. The van der Waals surface area contributed by atoms with Crippen molar-refractivity contribution in [3.05, 3.63) is 46.6 Å². The van der Waals surface area contributed by atoms with Crippen LogP contribution in [-0.2, 0) is 12.8 Å². The lowest BCUT2D eigenvalue weighted by Crippen LogP contribution is -2.35. The second-order valence-corrected chi connectivity index (χ2v) is 8.48. The minimum atomic E-state index is 0.749. The molecule has 1 saturated heterocycles. The molecule has 0 amide bonds. The maximum Gasteiger partial charge on any atom is 0.158 e. The van der Waals surface area contributed by atoms with E-state index >= 15 is 0 Å².